The van der Waals surface area contributed by atoms with Crippen LogP contribution in [0, 0.1) is 0 Å². The summed E-state index contributed by atoms with van der Waals surface area (Å²) in [6.45, 7) is 3.01. The number of hydrogen-bond donors (Lipinski definition) is 3. The first kappa shape index (κ1) is 18.3. The number of rotatable bonds is 4. The number of imide groups is 1. The summed E-state index contributed by atoms with van der Waals surface area (Å²) in [6.07, 6.45) is 0.637. The van der Waals surface area contributed by atoms with Gasteiger partial charge in [-0.05, 0) is 37.5 Å². The number of amides is 4. The Balaban J connectivity index is 1.62. The van der Waals surface area contributed by atoms with E-state index in [0.29, 0.717) is 36.1 Å². The van der Waals surface area contributed by atoms with Crippen molar-refractivity contribution < 1.29 is 14.3 Å². The molecule has 4 amide bonds. The van der Waals surface area contributed by atoms with E-state index in [1.165, 1.54) is 4.90 Å². The second kappa shape index (κ2) is 7.78. The quantitative estimate of drug-likeness (QED) is 0.742. The molecule has 2 fully saturated rings. The second-order valence-corrected chi connectivity index (χ2v) is 6.92. The van der Waals surface area contributed by atoms with Crippen LogP contribution < -0.4 is 16.0 Å². The first-order valence-electron chi connectivity index (χ1n) is 8.14. The van der Waals surface area contributed by atoms with Crippen molar-refractivity contribution in [3.63, 3.8) is 0 Å². The Morgan fingerprint density at radius 2 is 1.80 bits per heavy atom. The molecule has 0 unspecified atom stereocenters. The molecule has 2 aliphatic heterocycles. The fourth-order valence-corrected chi connectivity index (χ4v) is 3.31. The Labute approximate surface area is 156 Å². The van der Waals surface area contributed by atoms with Crippen LogP contribution in [0.5, 0.6) is 0 Å². The fraction of sp³-hybridized carbons (Fsp3) is 0.500. The van der Waals surface area contributed by atoms with Crippen LogP contribution in [0.2, 0.25) is 10.0 Å². The van der Waals surface area contributed by atoms with Gasteiger partial charge in [0.1, 0.15) is 0 Å². The molecule has 0 saturated carbocycles. The van der Waals surface area contributed by atoms with E-state index in [4.69, 9.17) is 27.9 Å². The van der Waals surface area contributed by atoms with Gasteiger partial charge in [0.05, 0.1) is 10.0 Å². The van der Waals surface area contributed by atoms with Crippen molar-refractivity contribution in [3.8, 4) is 0 Å². The maximum Gasteiger partial charge on any atom is 0.328 e. The summed E-state index contributed by atoms with van der Waals surface area (Å²) < 4.78 is 5.28. The van der Waals surface area contributed by atoms with Crippen molar-refractivity contribution >= 4 is 35.3 Å². The predicted molar refractivity (Wildman–Crippen MR) is 94.5 cm³/mol. The lowest BCUT2D eigenvalue weighted by molar-refractivity contribution is 0.0492. The summed E-state index contributed by atoms with van der Waals surface area (Å²) in [4.78, 5) is 26.0. The van der Waals surface area contributed by atoms with Crippen LogP contribution in [0.25, 0.3) is 0 Å². The zero-order valence-corrected chi connectivity index (χ0v) is 15.2. The normalized spacial score (nSPS) is 21.0. The van der Waals surface area contributed by atoms with E-state index in [0.717, 1.165) is 5.56 Å². The van der Waals surface area contributed by atoms with Gasteiger partial charge in [0, 0.05) is 25.3 Å². The highest BCUT2D eigenvalue weighted by molar-refractivity contribution is 6.42. The predicted octanol–water partition coefficient (Wildman–Crippen LogP) is 2.84. The number of nitrogens with zero attached hydrogens (tertiary/aromatic N) is 1. The summed E-state index contributed by atoms with van der Waals surface area (Å²) in [5.41, 5.74) is 0.893. The Kier molecular flexibility index (Phi) is 5.68. The average molecular weight is 387 g/mol. The minimum absolute atomic E-state index is 0.137. The van der Waals surface area contributed by atoms with Gasteiger partial charge in [0.2, 0.25) is 0 Å². The molecule has 0 radical (unpaired) electrons. The molecule has 2 aliphatic rings. The number of carbonyl (C=O) groups is 2. The summed E-state index contributed by atoms with van der Waals surface area (Å²) in [5, 5.41) is 9.61. The minimum Gasteiger partial charge on any atom is -0.381 e. The Hall–Kier alpha value is -1.54. The minimum atomic E-state index is -0.666. The molecule has 2 heterocycles. The van der Waals surface area contributed by atoms with Crippen molar-refractivity contribution in [2.24, 2.45) is 0 Å². The zero-order valence-electron chi connectivity index (χ0n) is 13.7. The third-order valence-electron chi connectivity index (χ3n) is 4.39. The molecule has 1 aromatic carbocycles. The summed E-state index contributed by atoms with van der Waals surface area (Å²) in [7, 11) is 0. The lowest BCUT2D eigenvalue weighted by Crippen LogP contribution is -2.70. The highest BCUT2D eigenvalue weighted by Gasteiger charge is 2.37. The van der Waals surface area contributed by atoms with Crippen LogP contribution in [0.4, 0.5) is 9.59 Å². The monoisotopic (exact) mass is 386 g/mol. The van der Waals surface area contributed by atoms with Gasteiger partial charge >= 0.3 is 12.1 Å². The van der Waals surface area contributed by atoms with Gasteiger partial charge in [-0.15, -0.1) is 0 Å². The van der Waals surface area contributed by atoms with E-state index in [9.17, 15) is 9.59 Å². The van der Waals surface area contributed by atoms with Crippen molar-refractivity contribution in [2.75, 3.05) is 13.2 Å². The van der Waals surface area contributed by atoms with Crippen LogP contribution in [0.1, 0.15) is 31.4 Å². The van der Waals surface area contributed by atoms with Gasteiger partial charge in [0.25, 0.3) is 0 Å². The average Bonchev–Trinajstić information content (AvgIpc) is 2.57. The molecule has 0 spiro atoms. The van der Waals surface area contributed by atoms with Gasteiger partial charge in [0.15, 0.2) is 6.29 Å². The highest BCUT2D eigenvalue weighted by Crippen LogP contribution is 2.25. The number of ether oxygens (including phenoxy) is 1. The summed E-state index contributed by atoms with van der Waals surface area (Å²) in [6, 6.07) is 4.19. The Bertz CT molecular complexity index is 649. The van der Waals surface area contributed by atoms with E-state index < -0.39 is 18.4 Å². The SMILES string of the molecule is C[C@H](NC1NC(=O)N(C2CCOCC2)C(=O)N1)c1ccc(Cl)c(Cl)c1. The van der Waals surface area contributed by atoms with Crippen molar-refractivity contribution in [2.45, 2.75) is 38.1 Å². The van der Waals surface area contributed by atoms with Gasteiger partial charge in [-0.25, -0.2) is 14.5 Å². The van der Waals surface area contributed by atoms with E-state index >= 15 is 0 Å². The number of halogens is 2. The first-order chi connectivity index (χ1) is 12.0. The zero-order chi connectivity index (χ0) is 18.0. The molecule has 0 aromatic heterocycles. The Morgan fingerprint density at radius 3 is 2.40 bits per heavy atom. The van der Waals surface area contributed by atoms with Gasteiger partial charge < -0.3 is 15.4 Å². The Morgan fingerprint density at radius 1 is 1.16 bits per heavy atom. The number of urea groups is 2. The molecule has 3 N–H and O–H groups in total. The van der Waals surface area contributed by atoms with Crippen LogP contribution in [-0.4, -0.2) is 42.5 Å². The van der Waals surface area contributed by atoms with Crippen LogP contribution in [0.3, 0.4) is 0 Å². The maximum atomic E-state index is 12.4. The van der Waals surface area contributed by atoms with Crippen molar-refractivity contribution in [1.29, 1.82) is 0 Å². The topological polar surface area (TPSA) is 82.7 Å². The van der Waals surface area contributed by atoms with E-state index in [1.807, 2.05) is 13.0 Å². The van der Waals surface area contributed by atoms with Crippen LogP contribution in [-0.2, 0) is 4.74 Å². The molecular formula is C16H20Cl2N4O3. The van der Waals surface area contributed by atoms with Crippen LogP contribution >= 0.6 is 23.2 Å². The van der Waals surface area contributed by atoms with E-state index in [-0.39, 0.29) is 12.1 Å². The smallest absolute Gasteiger partial charge is 0.328 e. The third kappa shape index (κ3) is 4.17. The van der Waals surface area contributed by atoms with Gasteiger partial charge in [-0.1, -0.05) is 29.3 Å². The van der Waals surface area contributed by atoms with Gasteiger partial charge in [-0.2, -0.15) is 0 Å². The molecule has 7 nitrogen and oxygen atoms in total. The summed E-state index contributed by atoms with van der Waals surface area (Å²) >= 11 is 12.0. The fourth-order valence-electron chi connectivity index (χ4n) is 3.00. The lowest BCUT2D eigenvalue weighted by Gasteiger charge is -2.39. The van der Waals surface area contributed by atoms with Crippen molar-refractivity contribution in [3.05, 3.63) is 33.8 Å². The molecule has 0 bridgehead atoms. The van der Waals surface area contributed by atoms with Gasteiger partial charge in [-0.3, -0.25) is 5.32 Å². The second-order valence-electron chi connectivity index (χ2n) is 6.11. The number of carbonyl (C=O) groups excluding carboxylic acids is 2. The third-order valence-corrected chi connectivity index (χ3v) is 5.13. The standard InChI is InChI=1S/C16H20Cl2N4O3/c1-9(10-2-3-12(17)13(18)8-10)19-14-20-15(23)22(16(24)21-14)11-4-6-25-7-5-11/h2-3,8-9,11,14,19H,4-7H2,1H3,(H,20,23)(H,21,24)/t9-/m0/s1. The van der Waals surface area contributed by atoms with E-state index in [1.54, 1.807) is 12.1 Å². The number of nitrogens with one attached hydrogen (secondary N) is 3. The first-order valence-corrected chi connectivity index (χ1v) is 8.90. The van der Waals surface area contributed by atoms with Crippen molar-refractivity contribution in [1.82, 2.24) is 20.9 Å². The lowest BCUT2D eigenvalue weighted by atomic mass is 10.1. The molecule has 0 aliphatic carbocycles. The number of hydrogen-bond acceptors (Lipinski definition) is 4. The molecule has 2 saturated heterocycles. The summed E-state index contributed by atoms with van der Waals surface area (Å²) in [5.74, 6) is 0. The molecular weight excluding hydrogens is 367 g/mol. The molecule has 1 aromatic rings. The number of benzene rings is 1. The van der Waals surface area contributed by atoms with E-state index in [2.05, 4.69) is 16.0 Å². The maximum absolute atomic E-state index is 12.4. The largest absolute Gasteiger partial charge is 0.381 e. The molecule has 136 valence electrons. The highest BCUT2D eigenvalue weighted by atomic mass is 35.5. The molecule has 1 atom stereocenters. The molecule has 3 rings (SSSR count). The molecule has 9 heteroatoms. The molecule has 25 heavy (non-hydrogen) atoms. The van der Waals surface area contributed by atoms with Crippen LogP contribution in [0.15, 0.2) is 18.2 Å².